The summed E-state index contributed by atoms with van der Waals surface area (Å²) in [7, 11) is 0. The van der Waals surface area contributed by atoms with Crippen molar-refractivity contribution in [3.63, 3.8) is 0 Å². The highest BCUT2D eigenvalue weighted by atomic mass is 15.6. The predicted molar refractivity (Wildman–Crippen MR) is 81.4 cm³/mol. The predicted octanol–water partition coefficient (Wildman–Crippen LogP) is 1.67. The van der Waals surface area contributed by atoms with Crippen molar-refractivity contribution in [3.05, 3.63) is 66.0 Å². The van der Waals surface area contributed by atoms with Crippen LogP contribution in [0.1, 0.15) is 17.2 Å². The highest BCUT2D eigenvalue weighted by Gasteiger charge is 2.16. The summed E-state index contributed by atoms with van der Waals surface area (Å²) < 4.78 is 0. The lowest BCUT2D eigenvalue weighted by molar-refractivity contribution is 0.448. The Bertz CT molecular complexity index is 688. The van der Waals surface area contributed by atoms with Gasteiger partial charge in [-0.2, -0.15) is 4.80 Å². The molecule has 1 aromatic heterocycles. The number of hydrogen-bond acceptors (Lipinski definition) is 5. The smallest absolute Gasteiger partial charge is 0.162 e. The van der Waals surface area contributed by atoms with Crippen molar-refractivity contribution >= 4 is 11.4 Å². The summed E-state index contributed by atoms with van der Waals surface area (Å²) in [6.07, 6.45) is 2.19. The van der Waals surface area contributed by atoms with Crippen molar-refractivity contribution in [2.45, 2.75) is 12.5 Å². The Labute approximate surface area is 122 Å². The molecule has 0 spiro atoms. The number of anilines is 2. The van der Waals surface area contributed by atoms with Crippen molar-refractivity contribution in [2.24, 2.45) is 0 Å². The minimum atomic E-state index is -0.0308. The van der Waals surface area contributed by atoms with Crippen LogP contribution in [0.5, 0.6) is 0 Å². The molecule has 6 nitrogen and oxygen atoms in total. The Kier molecular flexibility index (Phi) is 3.51. The summed E-state index contributed by atoms with van der Waals surface area (Å²) in [4.78, 5) is 1.61. The monoisotopic (exact) mass is 280 g/mol. The normalized spacial score (nSPS) is 12.2. The van der Waals surface area contributed by atoms with Gasteiger partial charge in [-0.3, -0.25) is 0 Å². The van der Waals surface area contributed by atoms with Crippen LogP contribution in [-0.2, 0) is 6.42 Å². The van der Waals surface area contributed by atoms with Gasteiger partial charge in [0.2, 0.25) is 0 Å². The lowest BCUT2D eigenvalue weighted by atomic mass is 9.99. The van der Waals surface area contributed by atoms with Gasteiger partial charge < -0.3 is 11.5 Å². The molecule has 1 atom stereocenters. The molecule has 0 fully saturated rings. The van der Waals surface area contributed by atoms with Crippen LogP contribution in [0.4, 0.5) is 11.4 Å². The number of nitrogen functional groups attached to an aromatic ring is 2. The van der Waals surface area contributed by atoms with Gasteiger partial charge in [-0.05, 0) is 40.6 Å². The molecule has 3 aromatic rings. The van der Waals surface area contributed by atoms with Crippen LogP contribution in [0.3, 0.4) is 0 Å². The standard InChI is InChI=1S/C15H16N6/c16-13-5-1-11(2-6-13)9-15(21-19-10-18-20-21)12-3-7-14(17)8-4-12/h1-8,10,15H,9,16-17H2. The van der Waals surface area contributed by atoms with Gasteiger partial charge in [0.1, 0.15) is 6.04 Å². The van der Waals surface area contributed by atoms with E-state index >= 15 is 0 Å². The van der Waals surface area contributed by atoms with E-state index in [1.807, 2.05) is 48.5 Å². The van der Waals surface area contributed by atoms with Crippen LogP contribution in [0.25, 0.3) is 0 Å². The van der Waals surface area contributed by atoms with Crippen LogP contribution in [0, 0.1) is 0 Å². The van der Waals surface area contributed by atoms with Crippen molar-refractivity contribution < 1.29 is 0 Å². The van der Waals surface area contributed by atoms with E-state index in [1.54, 1.807) is 4.80 Å². The van der Waals surface area contributed by atoms with E-state index in [1.165, 1.54) is 6.33 Å². The Morgan fingerprint density at radius 3 is 2.10 bits per heavy atom. The minimum Gasteiger partial charge on any atom is -0.399 e. The van der Waals surface area contributed by atoms with Crippen LogP contribution >= 0.6 is 0 Å². The summed E-state index contributed by atoms with van der Waals surface area (Å²) >= 11 is 0. The molecule has 2 aromatic carbocycles. The fraction of sp³-hybridized carbons (Fsp3) is 0.133. The van der Waals surface area contributed by atoms with E-state index in [4.69, 9.17) is 11.5 Å². The molecule has 0 saturated carbocycles. The van der Waals surface area contributed by atoms with Gasteiger partial charge in [0.25, 0.3) is 0 Å². The molecule has 0 aliphatic carbocycles. The van der Waals surface area contributed by atoms with E-state index in [2.05, 4.69) is 15.4 Å². The van der Waals surface area contributed by atoms with Crippen LogP contribution in [0.2, 0.25) is 0 Å². The van der Waals surface area contributed by atoms with Gasteiger partial charge in [0.15, 0.2) is 6.33 Å². The number of benzene rings is 2. The molecule has 0 aliphatic heterocycles. The highest BCUT2D eigenvalue weighted by molar-refractivity contribution is 5.42. The molecule has 0 amide bonds. The SMILES string of the molecule is Nc1ccc(CC(c2ccc(N)cc2)n2ncnn2)cc1. The molecule has 3 rings (SSSR count). The zero-order valence-electron chi connectivity index (χ0n) is 11.4. The number of nitrogens with zero attached hydrogens (tertiary/aromatic N) is 4. The van der Waals surface area contributed by atoms with Gasteiger partial charge >= 0.3 is 0 Å². The van der Waals surface area contributed by atoms with Gasteiger partial charge in [-0.1, -0.05) is 24.3 Å². The second-order valence-electron chi connectivity index (χ2n) is 4.88. The fourth-order valence-corrected chi connectivity index (χ4v) is 2.25. The highest BCUT2D eigenvalue weighted by Crippen LogP contribution is 2.23. The molecular formula is C15H16N6. The largest absolute Gasteiger partial charge is 0.399 e. The maximum Gasteiger partial charge on any atom is 0.162 e. The van der Waals surface area contributed by atoms with Crippen LogP contribution in [0.15, 0.2) is 54.9 Å². The number of tetrazole rings is 1. The Hall–Kier alpha value is -2.89. The molecule has 1 unspecified atom stereocenters. The number of aromatic nitrogens is 4. The van der Waals surface area contributed by atoms with E-state index in [-0.39, 0.29) is 6.04 Å². The molecule has 21 heavy (non-hydrogen) atoms. The van der Waals surface area contributed by atoms with Gasteiger partial charge in [0.05, 0.1) is 0 Å². The first-order chi connectivity index (χ1) is 10.2. The third-order valence-corrected chi connectivity index (χ3v) is 3.37. The first-order valence-electron chi connectivity index (χ1n) is 6.65. The minimum absolute atomic E-state index is 0.0308. The maximum atomic E-state index is 5.75. The zero-order chi connectivity index (χ0) is 14.7. The fourth-order valence-electron chi connectivity index (χ4n) is 2.25. The van der Waals surface area contributed by atoms with Crippen molar-refractivity contribution in [3.8, 4) is 0 Å². The molecule has 0 aliphatic rings. The second kappa shape index (κ2) is 5.62. The lowest BCUT2D eigenvalue weighted by Gasteiger charge is -2.16. The third-order valence-electron chi connectivity index (χ3n) is 3.37. The second-order valence-corrected chi connectivity index (χ2v) is 4.88. The average molecular weight is 280 g/mol. The van der Waals surface area contributed by atoms with Crippen molar-refractivity contribution in [2.75, 3.05) is 11.5 Å². The molecule has 0 bridgehead atoms. The van der Waals surface area contributed by atoms with E-state index in [9.17, 15) is 0 Å². The van der Waals surface area contributed by atoms with Gasteiger partial charge in [0, 0.05) is 17.8 Å². The lowest BCUT2D eigenvalue weighted by Crippen LogP contribution is -2.16. The van der Waals surface area contributed by atoms with Crippen LogP contribution in [-0.4, -0.2) is 20.2 Å². The molecule has 0 saturated heterocycles. The number of nitrogens with two attached hydrogens (primary N) is 2. The van der Waals surface area contributed by atoms with Crippen molar-refractivity contribution in [1.29, 1.82) is 0 Å². The summed E-state index contributed by atoms with van der Waals surface area (Å²) in [6, 6.07) is 15.5. The first-order valence-corrected chi connectivity index (χ1v) is 6.65. The van der Waals surface area contributed by atoms with Crippen LogP contribution < -0.4 is 11.5 Å². The van der Waals surface area contributed by atoms with E-state index < -0.39 is 0 Å². The van der Waals surface area contributed by atoms with Gasteiger partial charge in [-0.25, -0.2) is 0 Å². The molecule has 106 valence electrons. The van der Waals surface area contributed by atoms with Crippen molar-refractivity contribution in [1.82, 2.24) is 20.2 Å². The summed E-state index contributed by atoms with van der Waals surface area (Å²) in [5.41, 5.74) is 15.2. The van der Waals surface area contributed by atoms with Gasteiger partial charge in [-0.15, -0.1) is 10.2 Å². The molecular weight excluding hydrogens is 264 g/mol. The first kappa shape index (κ1) is 13.1. The molecule has 4 N–H and O–H groups in total. The average Bonchev–Trinajstić information content (AvgIpc) is 3.02. The van der Waals surface area contributed by atoms with E-state index in [0.717, 1.165) is 28.9 Å². The third kappa shape index (κ3) is 3.00. The van der Waals surface area contributed by atoms with E-state index in [0.29, 0.717) is 0 Å². The maximum absolute atomic E-state index is 5.75. The Morgan fingerprint density at radius 1 is 0.905 bits per heavy atom. The molecule has 6 heteroatoms. The number of rotatable bonds is 4. The zero-order valence-corrected chi connectivity index (χ0v) is 11.4. The molecule has 0 radical (unpaired) electrons. The topological polar surface area (TPSA) is 95.6 Å². The number of hydrogen-bond donors (Lipinski definition) is 2. The molecule has 1 heterocycles. The summed E-state index contributed by atoms with van der Waals surface area (Å²) in [5.74, 6) is 0. The summed E-state index contributed by atoms with van der Waals surface area (Å²) in [5, 5.41) is 12.0. The Morgan fingerprint density at radius 2 is 1.52 bits per heavy atom. The summed E-state index contributed by atoms with van der Waals surface area (Å²) in [6.45, 7) is 0. The Balaban J connectivity index is 1.93. The quantitative estimate of drug-likeness (QED) is 0.709.